The van der Waals surface area contributed by atoms with Gasteiger partial charge in [0.25, 0.3) is 0 Å². The molecule has 3 nitrogen and oxygen atoms in total. The molecule has 0 saturated carbocycles. The van der Waals surface area contributed by atoms with Crippen molar-refractivity contribution < 1.29 is 21.8 Å². The quantitative estimate of drug-likeness (QED) is 0.534. The Balaban J connectivity index is 4.53. The standard InChI is InChI=1S/C2H3F2O3S/c1-2(3,4)8(5,6)7/h1H3. The lowest BCUT2D eigenvalue weighted by Gasteiger charge is -2.00. The van der Waals surface area contributed by atoms with E-state index in [0.29, 0.717) is 0 Å². The third kappa shape index (κ3) is 1.71. The van der Waals surface area contributed by atoms with E-state index in [2.05, 4.69) is 0 Å². The van der Waals surface area contributed by atoms with E-state index in [-0.39, 0.29) is 6.92 Å². The Bertz CT molecular complexity index is 164. The fraction of sp³-hybridized carbons (Fsp3) is 1.00. The average molecular weight is 145 g/mol. The van der Waals surface area contributed by atoms with E-state index in [4.69, 9.17) is 0 Å². The second-order valence-electron chi connectivity index (χ2n) is 1.26. The molecule has 0 aliphatic carbocycles. The first-order chi connectivity index (χ1) is 3.25. The first-order valence-electron chi connectivity index (χ1n) is 1.58. The fourth-order valence-electron chi connectivity index (χ4n) is 0. The van der Waals surface area contributed by atoms with Crippen molar-refractivity contribution >= 4 is 10.1 Å². The van der Waals surface area contributed by atoms with Crippen LogP contribution < -0.4 is 0 Å². The summed E-state index contributed by atoms with van der Waals surface area (Å²) >= 11 is 0. The van der Waals surface area contributed by atoms with E-state index in [1.54, 1.807) is 0 Å². The van der Waals surface area contributed by atoms with Crippen molar-refractivity contribution in [1.82, 2.24) is 0 Å². The lowest BCUT2D eigenvalue weighted by atomic mass is 10.9. The molecule has 0 bridgehead atoms. The molecule has 0 aromatic rings. The molecule has 49 valence electrons. The van der Waals surface area contributed by atoms with Gasteiger partial charge in [-0.15, -0.1) is 0 Å². The zero-order chi connectivity index (χ0) is 7.00. The van der Waals surface area contributed by atoms with E-state index in [0.717, 1.165) is 0 Å². The highest BCUT2D eigenvalue weighted by Gasteiger charge is 2.39. The Morgan fingerprint density at radius 2 is 1.50 bits per heavy atom. The summed E-state index contributed by atoms with van der Waals surface area (Å²) in [6.07, 6.45) is 0. The zero-order valence-corrected chi connectivity index (χ0v) is 4.71. The highest BCUT2D eigenvalue weighted by Crippen LogP contribution is 2.18. The second kappa shape index (κ2) is 1.63. The molecular formula is C2H3F2O3S. The molecule has 0 atom stereocenters. The number of hydrogen-bond donors (Lipinski definition) is 0. The van der Waals surface area contributed by atoms with Crippen LogP contribution in [0, 0.1) is 0 Å². The summed E-state index contributed by atoms with van der Waals surface area (Å²) in [7, 11) is -5.42. The van der Waals surface area contributed by atoms with Crippen molar-refractivity contribution in [2.24, 2.45) is 0 Å². The number of alkyl halides is 2. The van der Waals surface area contributed by atoms with Gasteiger partial charge < -0.3 is 0 Å². The normalized spacial score (nSPS) is 14.0. The van der Waals surface area contributed by atoms with Gasteiger partial charge in [0.2, 0.25) is 0 Å². The van der Waals surface area contributed by atoms with Gasteiger partial charge in [-0.1, -0.05) is 4.55 Å². The topological polar surface area (TPSA) is 54.0 Å². The van der Waals surface area contributed by atoms with Crippen molar-refractivity contribution in [2.45, 2.75) is 12.2 Å². The van der Waals surface area contributed by atoms with Crippen molar-refractivity contribution in [3.8, 4) is 0 Å². The Hall–Kier alpha value is -0.230. The molecule has 0 N–H and O–H groups in total. The molecule has 0 fully saturated rings. The minimum Gasteiger partial charge on any atom is -0.190 e. The Labute approximate surface area is 45.1 Å². The van der Waals surface area contributed by atoms with Crippen LogP contribution in [-0.2, 0) is 14.7 Å². The summed E-state index contributed by atoms with van der Waals surface area (Å²) in [5, 5.41) is -4.15. The zero-order valence-electron chi connectivity index (χ0n) is 3.89. The predicted molar refractivity (Wildman–Crippen MR) is 20.2 cm³/mol. The van der Waals surface area contributed by atoms with E-state index < -0.39 is 15.4 Å². The molecule has 8 heavy (non-hydrogen) atoms. The molecular weight excluding hydrogens is 142 g/mol. The minimum atomic E-state index is -5.42. The lowest BCUT2D eigenvalue weighted by Crippen LogP contribution is -2.22. The average Bonchev–Trinajstić information content (AvgIpc) is 1.25. The van der Waals surface area contributed by atoms with Crippen LogP contribution in [0.5, 0.6) is 0 Å². The Morgan fingerprint density at radius 3 is 1.50 bits per heavy atom. The number of hydrogen-bond acceptors (Lipinski definition) is 2. The van der Waals surface area contributed by atoms with Gasteiger partial charge in [0.1, 0.15) is 0 Å². The van der Waals surface area contributed by atoms with Crippen molar-refractivity contribution in [3.63, 3.8) is 0 Å². The van der Waals surface area contributed by atoms with Gasteiger partial charge in [0, 0.05) is 6.92 Å². The van der Waals surface area contributed by atoms with Gasteiger partial charge in [-0.3, -0.25) is 0 Å². The van der Waals surface area contributed by atoms with Crippen molar-refractivity contribution in [1.29, 1.82) is 0 Å². The fourth-order valence-corrected chi connectivity index (χ4v) is 0. The van der Waals surface area contributed by atoms with Crippen LogP contribution in [0.25, 0.3) is 0 Å². The molecule has 0 unspecified atom stereocenters. The van der Waals surface area contributed by atoms with Gasteiger partial charge in [-0.2, -0.15) is 17.2 Å². The third-order valence-electron chi connectivity index (χ3n) is 0.439. The summed E-state index contributed by atoms with van der Waals surface area (Å²) in [5.74, 6) is 0. The molecule has 0 aromatic carbocycles. The molecule has 0 aliphatic rings. The molecule has 0 aromatic heterocycles. The van der Waals surface area contributed by atoms with Gasteiger partial charge in [-0.05, 0) is 0 Å². The van der Waals surface area contributed by atoms with Crippen LogP contribution in [0.15, 0.2) is 0 Å². The van der Waals surface area contributed by atoms with E-state index in [1.165, 1.54) is 0 Å². The Morgan fingerprint density at radius 1 is 1.38 bits per heavy atom. The van der Waals surface area contributed by atoms with Gasteiger partial charge in [0.05, 0.1) is 0 Å². The molecule has 0 aliphatic heterocycles. The third-order valence-corrected chi connectivity index (χ3v) is 1.32. The van der Waals surface area contributed by atoms with Crippen LogP contribution >= 0.6 is 0 Å². The van der Waals surface area contributed by atoms with E-state index in [1.807, 2.05) is 0 Å². The number of rotatable bonds is 1. The summed E-state index contributed by atoms with van der Waals surface area (Å²) in [4.78, 5) is 0. The monoisotopic (exact) mass is 145 g/mol. The van der Waals surface area contributed by atoms with Gasteiger partial charge in [-0.25, -0.2) is 0 Å². The van der Waals surface area contributed by atoms with Crippen molar-refractivity contribution in [2.75, 3.05) is 0 Å². The minimum absolute atomic E-state index is 0.0370. The van der Waals surface area contributed by atoms with Crippen LogP contribution in [0.4, 0.5) is 8.78 Å². The van der Waals surface area contributed by atoms with Crippen LogP contribution in [0.3, 0.4) is 0 Å². The van der Waals surface area contributed by atoms with Crippen LogP contribution in [-0.4, -0.2) is 13.7 Å². The first-order valence-corrected chi connectivity index (χ1v) is 2.99. The molecule has 6 heteroatoms. The molecule has 1 radical (unpaired) electrons. The molecule has 0 saturated heterocycles. The molecule has 0 heterocycles. The van der Waals surface area contributed by atoms with E-state index in [9.17, 15) is 21.8 Å². The van der Waals surface area contributed by atoms with Crippen LogP contribution in [0.1, 0.15) is 6.92 Å². The maximum absolute atomic E-state index is 11.3. The maximum Gasteiger partial charge on any atom is 0.369 e. The van der Waals surface area contributed by atoms with E-state index >= 15 is 0 Å². The maximum atomic E-state index is 11.3. The SMILES string of the molecule is CC(F)(F)S([O])(=O)=O. The highest BCUT2D eigenvalue weighted by molar-refractivity contribution is 7.86. The van der Waals surface area contributed by atoms with Gasteiger partial charge >= 0.3 is 15.4 Å². The largest absolute Gasteiger partial charge is 0.369 e. The summed E-state index contributed by atoms with van der Waals surface area (Å²) in [6, 6.07) is 0. The van der Waals surface area contributed by atoms with Crippen LogP contribution in [0.2, 0.25) is 0 Å². The summed E-state index contributed by atoms with van der Waals surface area (Å²) < 4.78 is 50.7. The Kier molecular flexibility index (Phi) is 1.58. The molecule has 0 rings (SSSR count). The number of halogens is 2. The molecule has 0 spiro atoms. The second-order valence-corrected chi connectivity index (χ2v) is 2.89. The predicted octanol–water partition coefficient (Wildman–Crippen LogP) is 0.359. The molecule has 0 amide bonds. The summed E-state index contributed by atoms with van der Waals surface area (Å²) in [6.45, 7) is 0.0370. The highest BCUT2D eigenvalue weighted by atomic mass is 32.2. The smallest absolute Gasteiger partial charge is 0.190 e. The first kappa shape index (κ1) is 7.77. The van der Waals surface area contributed by atoms with Crippen molar-refractivity contribution in [3.05, 3.63) is 0 Å². The van der Waals surface area contributed by atoms with Gasteiger partial charge in [0.15, 0.2) is 0 Å². The lowest BCUT2D eigenvalue weighted by molar-refractivity contribution is 0.0967. The summed E-state index contributed by atoms with van der Waals surface area (Å²) in [5.41, 5.74) is 0.